The molecule has 2 nitrogen and oxygen atoms in total. The van der Waals surface area contributed by atoms with Crippen molar-refractivity contribution in [2.24, 2.45) is 0 Å². The fourth-order valence-electron chi connectivity index (χ4n) is 11.7. The molecule has 1 aromatic heterocycles. The molecule has 312 valence electrons. The van der Waals surface area contributed by atoms with Gasteiger partial charge in [0.2, 0.25) is 0 Å². The topological polar surface area (TPSA) is 16.4 Å². The van der Waals surface area contributed by atoms with Gasteiger partial charge in [-0.25, -0.2) is 0 Å². The van der Waals surface area contributed by atoms with Crippen LogP contribution in [0.5, 0.6) is 0 Å². The summed E-state index contributed by atoms with van der Waals surface area (Å²) in [6.45, 7) is 0. The van der Waals surface area contributed by atoms with Gasteiger partial charge < -0.3 is 9.32 Å². The van der Waals surface area contributed by atoms with Gasteiger partial charge in [-0.05, 0) is 114 Å². The molecule has 0 amide bonds. The predicted molar refractivity (Wildman–Crippen MR) is 279 cm³/mol. The minimum absolute atomic E-state index is 0.480. The van der Waals surface area contributed by atoms with E-state index in [1.165, 1.54) is 72.3 Å². The SMILES string of the molecule is c1ccc(-c2ccc(N(c3ccc4c(c3)C3(c5ccccc5-c5ccccc53)c3ccccc3-4)c3cc4c(oc5cccc(-c6ccccc6-c6ccccc6)c54)c4ccccc34)cc2)cc1. The van der Waals surface area contributed by atoms with E-state index in [9.17, 15) is 0 Å². The van der Waals surface area contributed by atoms with Gasteiger partial charge in [0, 0.05) is 32.9 Å². The molecule has 2 aliphatic rings. The van der Waals surface area contributed by atoms with Crippen LogP contribution in [0.4, 0.5) is 17.1 Å². The molecule has 0 saturated carbocycles. The van der Waals surface area contributed by atoms with Gasteiger partial charge in [0.15, 0.2) is 0 Å². The van der Waals surface area contributed by atoms with Gasteiger partial charge in [-0.2, -0.15) is 0 Å². The summed E-state index contributed by atoms with van der Waals surface area (Å²) < 4.78 is 6.99. The van der Waals surface area contributed by atoms with Crippen LogP contribution in [0.1, 0.15) is 22.3 Å². The lowest BCUT2D eigenvalue weighted by Gasteiger charge is -2.32. The van der Waals surface area contributed by atoms with E-state index in [2.05, 4.69) is 254 Å². The molecule has 0 aliphatic heterocycles. The second kappa shape index (κ2) is 14.7. The Hall–Kier alpha value is -8.72. The van der Waals surface area contributed by atoms with Crippen LogP contribution >= 0.6 is 0 Å². The quantitative estimate of drug-likeness (QED) is 0.166. The lowest BCUT2D eigenvalue weighted by atomic mass is 9.70. The molecule has 0 atom stereocenters. The van der Waals surface area contributed by atoms with Crippen molar-refractivity contribution in [1.82, 2.24) is 0 Å². The Balaban J connectivity index is 1.06. The van der Waals surface area contributed by atoms with Crippen LogP contribution in [0.3, 0.4) is 0 Å². The molecule has 0 bridgehead atoms. The maximum Gasteiger partial charge on any atom is 0.143 e. The average Bonchev–Trinajstić information content (AvgIpc) is 4.04. The van der Waals surface area contributed by atoms with E-state index in [-0.39, 0.29) is 0 Å². The van der Waals surface area contributed by atoms with E-state index in [4.69, 9.17) is 4.42 Å². The average molecular weight is 852 g/mol. The highest BCUT2D eigenvalue weighted by atomic mass is 16.3. The van der Waals surface area contributed by atoms with Gasteiger partial charge >= 0.3 is 0 Å². The lowest BCUT2D eigenvalue weighted by molar-refractivity contribution is 0.673. The van der Waals surface area contributed by atoms with Gasteiger partial charge in [-0.1, -0.05) is 212 Å². The first kappa shape index (κ1) is 37.6. The smallest absolute Gasteiger partial charge is 0.143 e. The van der Waals surface area contributed by atoms with Crippen molar-refractivity contribution in [3.05, 3.63) is 271 Å². The van der Waals surface area contributed by atoms with Gasteiger partial charge in [0.1, 0.15) is 11.2 Å². The van der Waals surface area contributed by atoms with E-state index < -0.39 is 5.41 Å². The second-order valence-electron chi connectivity index (χ2n) is 17.9. The number of rotatable bonds is 6. The summed E-state index contributed by atoms with van der Waals surface area (Å²) in [6.07, 6.45) is 0. The largest absolute Gasteiger partial charge is 0.455 e. The molecular formula is C65H41NO. The Morgan fingerprint density at radius 3 is 1.45 bits per heavy atom. The van der Waals surface area contributed by atoms with Gasteiger partial charge in [-0.15, -0.1) is 0 Å². The van der Waals surface area contributed by atoms with Crippen molar-refractivity contribution in [1.29, 1.82) is 0 Å². The first-order valence-corrected chi connectivity index (χ1v) is 23.2. The van der Waals surface area contributed by atoms with Crippen LogP contribution in [0.15, 0.2) is 253 Å². The first-order valence-electron chi connectivity index (χ1n) is 23.2. The maximum absolute atomic E-state index is 6.99. The predicted octanol–water partition coefficient (Wildman–Crippen LogP) is 17.6. The van der Waals surface area contributed by atoms with Crippen LogP contribution in [0.2, 0.25) is 0 Å². The molecule has 0 fully saturated rings. The third-order valence-corrected chi connectivity index (χ3v) is 14.5. The Morgan fingerprint density at radius 2 is 0.791 bits per heavy atom. The van der Waals surface area contributed by atoms with E-state index in [0.717, 1.165) is 55.3 Å². The molecule has 12 aromatic rings. The number of nitrogens with zero attached hydrogens (tertiary/aromatic N) is 1. The molecular weight excluding hydrogens is 811 g/mol. The molecule has 1 spiro atoms. The highest BCUT2D eigenvalue weighted by Crippen LogP contribution is 2.63. The first-order chi connectivity index (χ1) is 33.3. The Labute approximate surface area is 389 Å². The van der Waals surface area contributed by atoms with Crippen molar-refractivity contribution in [2.45, 2.75) is 5.41 Å². The fourth-order valence-corrected chi connectivity index (χ4v) is 11.7. The van der Waals surface area contributed by atoms with Crippen LogP contribution in [-0.4, -0.2) is 0 Å². The molecule has 0 unspecified atom stereocenters. The Morgan fingerprint density at radius 1 is 0.299 bits per heavy atom. The Kier molecular flexibility index (Phi) is 8.23. The summed E-state index contributed by atoms with van der Waals surface area (Å²) in [5.74, 6) is 0. The standard InChI is InChI=1S/C65H41NO/c1-3-18-42(19-4-1)43-34-36-45(37-35-43)66(46-38-39-52-51-26-13-16-32-59(51)65(60(52)40-46)57-30-14-11-24-49(57)50-25-12-15-31-58(50)65)61-41-56-63-54(48-23-8-7-22-47(48)44-20-5-2-6-21-44)29-17-33-62(63)67-64(56)55-28-10-9-27-53(55)61/h1-41H. The van der Waals surface area contributed by atoms with Crippen molar-refractivity contribution >= 4 is 49.8 Å². The lowest BCUT2D eigenvalue weighted by Crippen LogP contribution is -2.26. The molecule has 67 heavy (non-hydrogen) atoms. The number of furan rings is 1. The molecule has 1 heterocycles. The Bertz CT molecular complexity index is 3860. The van der Waals surface area contributed by atoms with Crippen LogP contribution in [0.25, 0.3) is 88.3 Å². The molecule has 0 N–H and O–H groups in total. The van der Waals surface area contributed by atoms with E-state index in [0.29, 0.717) is 0 Å². The van der Waals surface area contributed by atoms with E-state index in [1.54, 1.807) is 0 Å². The van der Waals surface area contributed by atoms with Gasteiger partial charge in [0.05, 0.1) is 11.1 Å². The number of anilines is 3. The third-order valence-electron chi connectivity index (χ3n) is 14.5. The number of hydrogen-bond acceptors (Lipinski definition) is 2. The molecule has 0 saturated heterocycles. The monoisotopic (exact) mass is 851 g/mol. The zero-order valence-corrected chi connectivity index (χ0v) is 36.5. The number of hydrogen-bond donors (Lipinski definition) is 0. The van der Waals surface area contributed by atoms with Crippen molar-refractivity contribution in [3.8, 4) is 55.6 Å². The zero-order valence-electron chi connectivity index (χ0n) is 36.5. The normalized spacial score (nSPS) is 12.9. The van der Waals surface area contributed by atoms with Gasteiger partial charge in [-0.3, -0.25) is 0 Å². The van der Waals surface area contributed by atoms with Gasteiger partial charge in [0.25, 0.3) is 0 Å². The summed E-state index contributed by atoms with van der Waals surface area (Å²) in [5, 5.41) is 4.37. The summed E-state index contributed by atoms with van der Waals surface area (Å²) in [5.41, 5.74) is 22.0. The maximum atomic E-state index is 6.99. The zero-order chi connectivity index (χ0) is 44.1. The van der Waals surface area contributed by atoms with E-state index in [1.807, 2.05) is 0 Å². The van der Waals surface area contributed by atoms with Crippen molar-refractivity contribution < 1.29 is 4.42 Å². The number of fused-ring (bicyclic) bond motifs is 15. The van der Waals surface area contributed by atoms with Crippen LogP contribution in [-0.2, 0) is 5.41 Å². The summed E-state index contributed by atoms with van der Waals surface area (Å²) in [7, 11) is 0. The summed E-state index contributed by atoms with van der Waals surface area (Å²) in [4.78, 5) is 2.49. The number of benzene rings is 11. The molecule has 2 heteroatoms. The second-order valence-corrected chi connectivity index (χ2v) is 17.9. The summed E-state index contributed by atoms with van der Waals surface area (Å²) in [6, 6.07) is 91.2. The van der Waals surface area contributed by atoms with Crippen molar-refractivity contribution in [2.75, 3.05) is 4.90 Å². The van der Waals surface area contributed by atoms with Crippen LogP contribution < -0.4 is 4.90 Å². The fraction of sp³-hybridized carbons (Fsp3) is 0.0154. The molecule has 0 radical (unpaired) electrons. The van der Waals surface area contributed by atoms with Crippen molar-refractivity contribution in [3.63, 3.8) is 0 Å². The minimum atomic E-state index is -0.480. The highest BCUT2D eigenvalue weighted by Gasteiger charge is 2.51. The molecule has 11 aromatic carbocycles. The highest BCUT2D eigenvalue weighted by molar-refractivity contribution is 6.23. The molecule has 14 rings (SSSR count). The summed E-state index contributed by atoms with van der Waals surface area (Å²) >= 11 is 0. The minimum Gasteiger partial charge on any atom is -0.455 e. The molecule has 2 aliphatic carbocycles. The van der Waals surface area contributed by atoms with Crippen LogP contribution in [0, 0.1) is 0 Å². The third kappa shape index (κ3) is 5.45. The van der Waals surface area contributed by atoms with E-state index >= 15 is 0 Å².